The Morgan fingerprint density at radius 2 is 1.88 bits per heavy atom. The van der Waals surface area contributed by atoms with Crippen LogP contribution in [-0.4, -0.2) is 36.1 Å². The third-order valence-corrected chi connectivity index (χ3v) is 2.90. The molecule has 0 aromatic carbocycles. The largest absolute Gasteiger partial charge is 0.352 e. The first-order chi connectivity index (χ1) is 8.00. The van der Waals surface area contributed by atoms with Crippen molar-refractivity contribution in [2.75, 3.05) is 31.1 Å². The predicted octanol–water partition coefficient (Wildman–Crippen LogP) is 1.32. The molecule has 94 valence electrons. The van der Waals surface area contributed by atoms with Crippen molar-refractivity contribution in [3.8, 4) is 0 Å². The van der Waals surface area contributed by atoms with E-state index >= 15 is 0 Å². The highest BCUT2D eigenvalue weighted by Crippen LogP contribution is 2.27. The maximum absolute atomic E-state index is 14.4. The van der Waals surface area contributed by atoms with Gasteiger partial charge in [-0.05, 0) is 0 Å². The lowest BCUT2D eigenvalue weighted by Gasteiger charge is -2.29. The number of rotatable bonds is 1. The molecule has 0 saturated carbocycles. The molecule has 2 heterocycles. The van der Waals surface area contributed by atoms with Crippen LogP contribution in [-0.2, 0) is 5.41 Å². The van der Waals surface area contributed by atoms with Gasteiger partial charge in [-0.3, -0.25) is 0 Å². The van der Waals surface area contributed by atoms with Gasteiger partial charge in [0.05, 0.1) is 5.69 Å². The average Bonchev–Trinajstić information content (AvgIpc) is 2.29. The molecule has 4 nitrogen and oxygen atoms in total. The first-order valence-electron chi connectivity index (χ1n) is 5.97. The van der Waals surface area contributed by atoms with Crippen LogP contribution in [0, 0.1) is 5.82 Å². The summed E-state index contributed by atoms with van der Waals surface area (Å²) in [6.07, 6.45) is 1.46. The number of aromatic nitrogens is 2. The molecule has 5 heteroatoms. The van der Waals surface area contributed by atoms with Crippen molar-refractivity contribution in [2.45, 2.75) is 26.2 Å². The monoisotopic (exact) mass is 238 g/mol. The number of nitrogens with one attached hydrogen (secondary N) is 1. The summed E-state index contributed by atoms with van der Waals surface area (Å²) in [5, 5.41) is 3.24. The summed E-state index contributed by atoms with van der Waals surface area (Å²) in [6, 6.07) is 0. The second-order valence-corrected chi connectivity index (χ2v) is 5.35. The van der Waals surface area contributed by atoms with E-state index in [4.69, 9.17) is 0 Å². The quantitative estimate of drug-likeness (QED) is 0.801. The lowest BCUT2D eigenvalue weighted by molar-refractivity contribution is 0.489. The Morgan fingerprint density at radius 1 is 1.24 bits per heavy atom. The fraction of sp³-hybridized carbons (Fsp3) is 0.667. The Morgan fingerprint density at radius 3 is 2.47 bits per heavy atom. The number of hydrogen-bond acceptors (Lipinski definition) is 4. The van der Waals surface area contributed by atoms with E-state index in [2.05, 4.69) is 15.3 Å². The smallest absolute Gasteiger partial charge is 0.187 e. The molecule has 1 saturated heterocycles. The van der Waals surface area contributed by atoms with Gasteiger partial charge in [-0.25, -0.2) is 14.4 Å². The van der Waals surface area contributed by atoms with E-state index in [0.29, 0.717) is 11.5 Å². The van der Waals surface area contributed by atoms with E-state index in [1.807, 2.05) is 25.7 Å². The zero-order chi connectivity index (χ0) is 12.5. The number of nitrogens with zero attached hydrogens (tertiary/aromatic N) is 3. The van der Waals surface area contributed by atoms with Crippen molar-refractivity contribution in [1.82, 2.24) is 15.3 Å². The molecule has 0 radical (unpaired) electrons. The van der Waals surface area contributed by atoms with Crippen LogP contribution in [0.25, 0.3) is 0 Å². The first kappa shape index (κ1) is 12.2. The standard InChI is InChI=1S/C12H19FN4/c1-12(2,3)10-9(13)11(16-8-15-10)17-6-4-14-5-7-17/h8,14H,4-7H2,1-3H3. The van der Waals surface area contributed by atoms with E-state index in [1.165, 1.54) is 6.33 Å². The van der Waals surface area contributed by atoms with Crippen molar-refractivity contribution in [1.29, 1.82) is 0 Å². The molecule has 1 aliphatic rings. The van der Waals surface area contributed by atoms with Gasteiger partial charge < -0.3 is 10.2 Å². The van der Waals surface area contributed by atoms with Crippen LogP contribution in [0.2, 0.25) is 0 Å². The lowest BCUT2D eigenvalue weighted by Crippen LogP contribution is -2.44. The number of anilines is 1. The van der Waals surface area contributed by atoms with Crippen molar-refractivity contribution >= 4 is 5.82 Å². The Hall–Kier alpha value is -1.23. The summed E-state index contributed by atoms with van der Waals surface area (Å²) in [5.74, 6) is 0.160. The highest BCUT2D eigenvalue weighted by molar-refractivity contribution is 5.42. The third kappa shape index (κ3) is 2.54. The average molecular weight is 238 g/mol. The van der Waals surface area contributed by atoms with Crippen LogP contribution in [0.5, 0.6) is 0 Å². The molecule has 0 amide bonds. The van der Waals surface area contributed by atoms with E-state index in [-0.39, 0.29) is 11.2 Å². The molecule has 0 bridgehead atoms. The van der Waals surface area contributed by atoms with E-state index < -0.39 is 0 Å². The molecule has 1 N–H and O–H groups in total. The lowest BCUT2D eigenvalue weighted by atomic mass is 9.91. The Kier molecular flexibility index (Phi) is 3.28. The molecule has 1 aliphatic heterocycles. The summed E-state index contributed by atoms with van der Waals surface area (Å²) in [7, 11) is 0. The third-order valence-electron chi connectivity index (χ3n) is 2.90. The molecule has 0 spiro atoms. The highest BCUT2D eigenvalue weighted by atomic mass is 19.1. The minimum Gasteiger partial charge on any atom is -0.352 e. The number of halogens is 1. The molecular formula is C12H19FN4. The Bertz CT molecular complexity index is 394. The highest BCUT2D eigenvalue weighted by Gasteiger charge is 2.25. The van der Waals surface area contributed by atoms with Crippen LogP contribution in [0.4, 0.5) is 10.2 Å². The van der Waals surface area contributed by atoms with Crippen molar-refractivity contribution in [2.24, 2.45) is 0 Å². The van der Waals surface area contributed by atoms with Gasteiger partial charge in [0.15, 0.2) is 11.6 Å². The summed E-state index contributed by atoms with van der Waals surface area (Å²) in [4.78, 5) is 10.1. The molecule has 0 atom stereocenters. The van der Waals surface area contributed by atoms with Crippen LogP contribution >= 0.6 is 0 Å². The van der Waals surface area contributed by atoms with Crippen molar-refractivity contribution in [3.63, 3.8) is 0 Å². The minimum atomic E-state index is -0.296. The molecule has 1 aromatic heterocycles. The van der Waals surface area contributed by atoms with Gasteiger partial charge in [0.25, 0.3) is 0 Å². The zero-order valence-electron chi connectivity index (χ0n) is 10.6. The summed E-state index contributed by atoms with van der Waals surface area (Å²) >= 11 is 0. The van der Waals surface area contributed by atoms with E-state index in [9.17, 15) is 4.39 Å². The zero-order valence-corrected chi connectivity index (χ0v) is 10.6. The molecule has 1 aromatic rings. The van der Waals surface area contributed by atoms with Gasteiger partial charge in [0, 0.05) is 31.6 Å². The van der Waals surface area contributed by atoms with Crippen molar-refractivity contribution in [3.05, 3.63) is 17.8 Å². The van der Waals surface area contributed by atoms with E-state index in [0.717, 1.165) is 26.2 Å². The normalized spacial score (nSPS) is 17.3. The van der Waals surface area contributed by atoms with Crippen LogP contribution in [0.3, 0.4) is 0 Å². The second kappa shape index (κ2) is 4.56. The number of piperazine rings is 1. The molecule has 2 rings (SSSR count). The fourth-order valence-electron chi connectivity index (χ4n) is 1.98. The van der Waals surface area contributed by atoms with Gasteiger partial charge >= 0.3 is 0 Å². The second-order valence-electron chi connectivity index (χ2n) is 5.35. The molecule has 0 aliphatic carbocycles. The topological polar surface area (TPSA) is 41.1 Å². The summed E-state index contributed by atoms with van der Waals surface area (Å²) in [5.41, 5.74) is 0.191. The Labute approximate surface area is 101 Å². The van der Waals surface area contributed by atoms with Crippen LogP contribution < -0.4 is 10.2 Å². The van der Waals surface area contributed by atoms with Gasteiger partial charge in [-0.1, -0.05) is 20.8 Å². The SMILES string of the molecule is CC(C)(C)c1ncnc(N2CCNCC2)c1F. The predicted molar refractivity (Wildman–Crippen MR) is 65.8 cm³/mol. The maximum Gasteiger partial charge on any atom is 0.187 e. The minimum absolute atomic E-state index is 0.276. The fourth-order valence-corrected chi connectivity index (χ4v) is 1.98. The summed E-state index contributed by atoms with van der Waals surface area (Å²) in [6.45, 7) is 9.19. The first-order valence-corrected chi connectivity index (χ1v) is 5.97. The molecular weight excluding hydrogens is 219 g/mol. The molecule has 17 heavy (non-hydrogen) atoms. The summed E-state index contributed by atoms with van der Waals surface area (Å²) < 4.78 is 14.4. The number of hydrogen-bond donors (Lipinski definition) is 1. The molecule has 0 unspecified atom stereocenters. The van der Waals surface area contributed by atoms with Crippen LogP contribution in [0.15, 0.2) is 6.33 Å². The van der Waals surface area contributed by atoms with Gasteiger partial charge in [0.2, 0.25) is 0 Å². The van der Waals surface area contributed by atoms with Crippen LogP contribution in [0.1, 0.15) is 26.5 Å². The van der Waals surface area contributed by atoms with E-state index in [1.54, 1.807) is 0 Å². The van der Waals surface area contributed by atoms with Gasteiger partial charge in [0.1, 0.15) is 6.33 Å². The molecule has 1 fully saturated rings. The van der Waals surface area contributed by atoms with Crippen molar-refractivity contribution < 1.29 is 4.39 Å². The maximum atomic E-state index is 14.4. The van der Waals surface area contributed by atoms with Gasteiger partial charge in [-0.2, -0.15) is 0 Å². The Balaban J connectivity index is 2.35. The van der Waals surface area contributed by atoms with Gasteiger partial charge in [-0.15, -0.1) is 0 Å².